The third-order valence-corrected chi connectivity index (χ3v) is 7.90. The fraction of sp³-hybridized carbons (Fsp3) is 0.541. The van der Waals surface area contributed by atoms with Gasteiger partial charge in [0, 0.05) is 17.0 Å². The third kappa shape index (κ3) is 8.48. The lowest BCUT2D eigenvalue weighted by atomic mass is 10.1. The first-order chi connectivity index (χ1) is 23.0. The quantitative estimate of drug-likeness (QED) is 0.135. The second kappa shape index (κ2) is 13.5. The van der Waals surface area contributed by atoms with Crippen LogP contribution in [0.4, 0.5) is 20.2 Å². The van der Waals surface area contributed by atoms with Gasteiger partial charge in [0.1, 0.15) is 40.8 Å². The Balaban J connectivity index is 2.05. The molecule has 0 bridgehead atoms. The number of carbonyl (C=O) groups is 3. The van der Waals surface area contributed by atoms with Gasteiger partial charge in [0.05, 0.1) is 11.2 Å². The van der Waals surface area contributed by atoms with Crippen molar-refractivity contribution in [3.05, 3.63) is 41.0 Å². The molecule has 1 aliphatic rings. The van der Waals surface area contributed by atoms with Crippen LogP contribution < -0.4 is 14.4 Å². The number of aryl methyl sites for hydroxylation is 1. The van der Waals surface area contributed by atoms with Crippen LogP contribution in [0.15, 0.2) is 24.3 Å². The number of anilines is 1. The van der Waals surface area contributed by atoms with E-state index in [2.05, 4.69) is 11.0 Å². The lowest BCUT2D eigenvalue weighted by Crippen LogP contribution is -2.45. The Morgan fingerprint density at radius 2 is 1.44 bits per heavy atom. The lowest BCUT2D eigenvalue weighted by molar-refractivity contribution is 0.0203. The normalized spacial score (nSPS) is 14.2. The van der Waals surface area contributed by atoms with E-state index in [1.165, 1.54) is 4.57 Å². The number of hydrogen-bond acceptors (Lipinski definition) is 11. The van der Waals surface area contributed by atoms with Crippen molar-refractivity contribution in [2.45, 2.75) is 111 Å². The second-order valence-electron chi connectivity index (χ2n) is 15.8. The number of hydrogen-bond donors (Lipinski definition) is 0. The SMILES string of the molecule is Cc1ccc(OC(=O)OC(C)(C)C)c(C)c1-n1c(N(C(=O)OC(C)(C)C)C(=O)OC(C)(C)C)c(C#N)c2ccc(OCC3(N(C)C)CC3)nc21. The maximum Gasteiger partial charge on any atom is 0.514 e. The summed E-state index contributed by atoms with van der Waals surface area (Å²) in [5.74, 6) is 0.266. The summed E-state index contributed by atoms with van der Waals surface area (Å²) in [7, 11) is 4.01. The first-order valence-corrected chi connectivity index (χ1v) is 16.5. The highest BCUT2D eigenvalue weighted by molar-refractivity contribution is 6.12. The summed E-state index contributed by atoms with van der Waals surface area (Å²) in [6.07, 6.45) is -1.10. The van der Waals surface area contributed by atoms with E-state index in [1.54, 1.807) is 100 Å². The molecular weight excluding hydrogens is 642 g/mol. The van der Waals surface area contributed by atoms with Crippen LogP contribution in [0.5, 0.6) is 11.6 Å². The minimum absolute atomic E-state index is 0.0417. The number of imide groups is 1. The Bertz CT molecular complexity index is 1820. The molecule has 1 aliphatic carbocycles. The third-order valence-electron chi connectivity index (χ3n) is 7.90. The zero-order chi connectivity index (χ0) is 37.6. The summed E-state index contributed by atoms with van der Waals surface area (Å²) in [5.41, 5.74) is -1.31. The average Bonchev–Trinajstić information content (AvgIpc) is 3.69. The van der Waals surface area contributed by atoms with Crippen LogP contribution >= 0.6 is 0 Å². The molecule has 0 radical (unpaired) electrons. The number of amides is 2. The minimum atomic E-state index is -1.07. The fourth-order valence-corrected chi connectivity index (χ4v) is 5.31. The molecule has 2 amide bonds. The highest BCUT2D eigenvalue weighted by atomic mass is 16.7. The van der Waals surface area contributed by atoms with Crippen molar-refractivity contribution in [1.29, 1.82) is 5.26 Å². The molecule has 0 N–H and O–H groups in total. The summed E-state index contributed by atoms with van der Waals surface area (Å²) in [6, 6.07) is 8.83. The molecule has 1 aromatic carbocycles. The van der Waals surface area contributed by atoms with Gasteiger partial charge < -0.3 is 28.6 Å². The number of carbonyl (C=O) groups excluding carboxylic acids is 3. The molecule has 2 aromatic heterocycles. The van der Waals surface area contributed by atoms with E-state index in [4.69, 9.17) is 28.7 Å². The van der Waals surface area contributed by atoms with E-state index >= 15 is 0 Å². The monoisotopic (exact) mass is 691 g/mol. The van der Waals surface area contributed by atoms with Crippen molar-refractivity contribution in [3.8, 4) is 23.4 Å². The molecular formula is C37H49N5O8. The largest absolute Gasteiger partial charge is 0.514 e. The summed E-state index contributed by atoms with van der Waals surface area (Å²) in [5, 5.41) is 11.0. The number of pyridine rings is 1. The number of rotatable bonds is 7. The van der Waals surface area contributed by atoms with Crippen molar-refractivity contribution in [2.24, 2.45) is 0 Å². The smallest absolute Gasteiger partial charge is 0.476 e. The Labute approximate surface area is 294 Å². The van der Waals surface area contributed by atoms with Crippen LogP contribution in [0.1, 0.15) is 91.8 Å². The van der Waals surface area contributed by atoms with Crippen molar-refractivity contribution in [1.82, 2.24) is 14.5 Å². The number of benzene rings is 1. The van der Waals surface area contributed by atoms with Crippen LogP contribution in [0, 0.1) is 25.2 Å². The first kappa shape index (κ1) is 38.0. The predicted molar refractivity (Wildman–Crippen MR) is 188 cm³/mol. The lowest BCUT2D eigenvalue weighted by Gasteiger charge is -2.29. The molecule has 50 heavy (non-hydrogen) atoms. The summed E-state index contributed by atoms with van der Waals surface area (Å²) < 4.78 is 30.2. The topological polar surface area (TPSA) is 145 Å². The van der Waals surface area contributed by atoms with Crippen LogP contribution in [0.2, 0.25) is 0 Å². The molecule has 2 heterocycles. The average molecular weight is 692 g/mol. The van der Waals surface area contributed by atoms with Gasteiger partial charge in [-0.3, -0.25) is 4.57 Å². The Morgan fingerprint density at radius 3 is 1.92 bits per heavy atom. The number of aromatic nitrogens is 2. The van der Waals surface area contributed by atoms with E-state index in [1.807, 2.05) is 14.1 Å². The van der Waals surface area contributed by atoms with E-state index in [0.29, 0.717) is 33.7 Å². The molecule has 0 atom stereocenters. The number of nitrogens with zero attached hydrogens (tertiary/aromatic N) is 5. The maximum atomic E-state index is 14.0. The van der Waals surface area contributed by atoms with Gasteiger partial charge in [-0.15, -0.1) is 0 Å². The summed E-state index contributed by atoms with van der Waals surface area (Å²) in [4.78, 5) is 48.5. The van der Waals surface area contributed by atoms with E-state index in [0.717, 1.165) is 12.8 Å². The highest BCUT2D eigenvalue weighted by Crippen LogP contribution is 2.42. The molecule has 0 unspecified atom stereocenters. The fourth-order valence-electron chi connectivity index (χ4n) is 5.31. The van der Waals surface area contributed by atoms with E-state index < -0.39 is 35.1 Å². The van der Waals surface area contributed by atoms with Crippen LogP contribution in [0.3, 0.4) is 0 Å². The second-order valence-corrected chi connectivity index (χ2v) is 15.8. The first-order valence-electron chi connectivity index (χ1n) is 16.5. The van der Waals surface area contributed by atoms with Crippen molar-refractivity contribution < 1.29 is 38.1 Å². The summed E-state index contributed by atoms with van der Waals surface area (Å²) >= 11 is 0. The number of likely N-dealkylation sites (N-methyl/N-ethyl adjacent to an activating group) is 1. The molecule has 13 heteroatoms. The van der Waals surface area contributed by atoms with Crippen molar-refractivity contribution in [3.63, 3.8) is 0 Å². The van der Waals surface area contributed by atoms with Gasteiger partial charge in [-0.2, -0.15) is 15.1 Å². The zero-order valence-electron chi connectivity index (χ0n) is 31.4. The molecule has 0 saturated heterocycles. The predicted octanol–water partition coefficient (Wildman–Crippen LogP) is 7.98. The van der Waals surface area contributed by atoms with Gasteiger partial charge in [0.2, 0.25) is 5.88 Å². The van der Waals surface area contributed by atoms with Gasteiger partial charge in [-0.1, -0.05) is 6.07 Å². The number of nitriles is 1. The Morgan fingerprint density at radius 1 is 0.880 bits per heavy atom. The van der Waals surface area contributed by atoms with E-state index in [9.17, 15) is 19.6 Å². The molecule has 270 valence electrons. The molecule has 4 rings (SSSR count). The van der Waals surface area contributed by atoms with Crippen LogP contribution in [-0.2, 0) is 14.2 Å². The molecule has 0 aliphatic heterocycles. The maximum absolute atomic E-state index is 14.0. The van der Waals surface area contributed by atoms with Gasteiger partial charge in [-0.05, 0) is 121 Å². The molecule has 0 spiro atoms. The van der Waals surface area contributed by atoms with Gasteiger partial charge in [0.15, 0.2) is 11.5 Å². The number of ether oxygens (including phenoxy) is 5. The van der Waals surface area contributed by atoms with Crippen LogP contribution in [0.25, 0.3) is 16.7 Å². The van der Waals surface area contributed by atoms with Crippen LogP contribution in [-0.4, -0.2) is 75.8 Å². The van der Waals surface area contributed by atoms with Crippen molar-refractivity contribution in [2.75, 3.05) is 25.6 Å². The molecule has 3 aromatic rings. The van der Waals surface area contributed by atoms with Crippen molar-refractivity contribution >= 4 is 35.2 Å². The Kier molecular flexibility index (Phi) is 10.2. The molecule has 13 nitrogen and oxygen atoms in total. The van der Waals surface area contributed by atoms with Gasteiger partial charge >= 0.3 is 18.3 Å². The van der Waals surface area contributed by atoms with Gasteiger partial charge in [-0.25, -0.2) is 14.4 Å². The summed E-state index contributed by atoms with van der Waals surface area (Å²) in [6.45, 7) is 19.0. The number of fused-ring (bicyclic) bond motifs is 1. The standard InChI is InChI=1S/C37H49N5O8/c1-22-14-16-26(47-33(45)50-36(9,10)11)23(2)28(22)41-29-24(15-17-27(39-29)46-21-37(18-19-37)40(12)13)25(20-38)30(41)42(31(43)48-34(3,4)5)32(44)49-35(6,7)8/h14-17H,18-19,21H2,1-13H3. The zero-order valence-corrected chi connectivity index (χ0v) is 31.4. The molecule has 1 fully saturated rings. The van der Waals surface area contributed by atoms with Gasteiger partial charge in [0.25, 0.3) is 0 Å². The minimum Gasteiger partial charge on any atom is -0.476 e. The highest BCUT2D eigenvalue weighted by Gasteiger charge is 2.46. The molecule has 1 saturated carbocycles. The van der Waals surface area contributed by atoms with E-state index in [-0.39, 0.29) is 34.2 Å². The Hall–Kier alpha value is -4.83.